The van der Waals surface area contributed by atoms with Gasteiger partial charge in [0.05, 0.1) is 6.42 Å². The van der Waals surface area contributed by atoms with Crippen LogP contribution in [0, 0.1) is 33.8 Å². The van der Waals surface area contributed by atoms with Gasteiger partial charge in [0.1, 0.15) is 5.60 Å². The molecule has 0 heterocycles. The zero-order valence-corrected chi connectivity index (χ0v) is 18.6. The van der Waals surface area contributed by atoms with Gasteiger partial charge in [0.2, 0.25) is 5.54 Å². The van der Waals surface area contributed by atoms with Crippen molar-refractivity contribution in [3.63, 3.8) is 0 Å². The largest absolute Gasteiger partial charge is 0.373 e. The highest BCUT2D eigenvalue weighted by atomic mass is 16.6. The number of hydrogen-bond acceptors (Lipinski definition) is 4. The zero-order valence-electron chi connectivity index (χ0n) is 18.6. The van der Waals surface area contributed by atoms with Gasteiger partial charge in [-0.3, -0.25) is 10.1 Å². The van der Waals surface area contributed by atoms with Crippen molar-refractivity contribution >= 4 is 0 Å². The Bertz CT molecular complexity index is 828. The summed E-state index contributed by atoms with van der Waals surface area (Å²) >= 11 is 0. The second-order valence-corrected chi connectivity index (χ2v) is 9.95. The third kappa shape index (κ3) is 4.13. The first kappa shape index (κ1) is 22.3. The van der Waals surface area contributed by atoms with Gasteiger partial charge in [-0.1, -0.05) is 74.3 Å². The van der Waals surface area contributed by atoms with Crippen molar-refractivity contribution in [3.05, 3.63) is 46.0 Å². The Balaban J connectivity index is 1.73. The average Bonchev–Trinajstić information content (AvgIpc) is 2.78. The van der Waals surface area contributed by atoms with Crippen LogP contribution in [0.15, 0.2) is 30.3 Å². The van der Waals surface area contributed by atoms with Gasteiger partial charge in [-0.2, -0.15) is 0 Å². The lowest BCUT2D eigenvalue weighted by Crippen LogP contribution is -2.59. The van der Waals surface area contributed by atoms with Crippen molar-refractivity contribution in [1.82, 2.24) is 0 Å². The molecule has 4 saturated carbocycles. The number of nitrogens with zero attached hydrogens (tertiary/aromatic N) is 1. The number of methoxy groups -OCH3 is 1. The molecule has 4 aliphatic rings. The van der Waals surface area contributed by atoms with E-state index in [0.717, 1.165) is 44.1 Å². The maximum Gasteiger partial charge on any atom is 0.226 e. The highest BCUT2D eigenvalue weighted by molar-refractivity contribution is 5.36. The number of aliphatic hydroxyl groups is 1. The van der Waals surface area contributed by atoms with E-state index in [4.69, 9.17) is 4.74 Å². The molecular formula is C26H35NO4. The first-order valence-electron chi connectivity index (χ1n) is 12.0. The Kier molecular flexibility index (Phi) is 6.42. The third-order valence-corrected chi connectivity index (χ3v) is 8.29. The summed E-state index contributed by atoms with van der Waals surface area (Å²) in [7, 11) is 1.63. The lowest BCUT2D eigenvalue weighted by Gasteiger charge is -2.50. The Labute approximate surface area is 185 Å². The molecule has 1 aromatic rings. The molecule has 2 atom stereocenters. The molecule has 0 amide bonds. The van der Waals surface area contributed by atoms with Crippen LogP contribution in [0.2, 0.25) is 0 Å². The minimum Gasteiger partial charge on any atom is -0.373 e. The zero-order chi connectivity index (χ0) is 22.0. The van der Waals surface area contributed by atoms with E-state index < -0.39 is 16.7 Å². The summed E-state index contributed by atoms with van der Waals surface area (Å²) in [5.74, 6) is 6.87. The Morgan fingerprint density at radius 3 is 2.26 bits per heavy atom. The molecule has 168 valence electrons. The number of nitro groups is 1. The number of fused-ring (bicyclic) bond motifs is 3. The summed E-state index contributed by atoms with van der Waals surface area (Å²) in [6.45, 7) is 0. The summed E-state index contributed by atoms with van der Waals surface area (Å²) in [6.07, 6.45) is 10.8. The number of rotatable bonds is 4. The van der Waals surface area contributed by atoms with Crippen LogP contribution in [0.25, 0.3) is 0 Å². The molecule has 0 aromatic heterocycles. The minimum atomic E-state index is -1.26. The second-order valence-electron chi connectivity index (χ2n) is 9.95. The third-order valence-electron chi connectivity index (χ3n) is 8.29. The molecule has 5 heteroatoms. The van der Waals surface area contributed by atoms with Crippen molar-refractivity contribution in [2.45, 2.75) is 93.8 Å². The Morgan fingerprint density at radius 1 is 1.06 bits per heavy atom. The lowest BCUT2D eigenvalue weighted by molar-refractivity contribution is -0.586. The molecular weight excluding hydrogens is 390 g/mol. The maximum atomic E-state index is 12.0. The molecule has 4 aliphatic carbocycles. The van der Waals surface area contributed by atoms with E-state index in [-0.39, 0.29) is 16.8 Å². The molecule has 5 rings (SSSR count). The first-order valence-corrected chi connectivity index (χ1v) is 12.0. The van der Waals surface area contributed by atoms with Gasteiger partial charge in [0.15, 0.2) is 5.60 Å². The van der Waals surface area contributed by atoms with Crippen LogP contribution < -0.4 is 0 Å². The van der Waals surface area contributed by atoms with E-state index in [0.29, 0.717) is 19.3 Å². The van der Waals surface area contributed by atoms with Gasteiger partial charge in [-0.05, 0) is 31.2 Å². The van der Waals surface area contributed by atoms with Crippen LogP contribution in [0.5, 0.6) is 0 Å². The van der Waals surface area contributed by atoms with Crippen molar-refractivity contribution < 1.29 is 14.8 Å². The van der Waals surface area contributed by atoms with Crippen molar-refractivity contribution in [2.24, 2.45) is 11.8 Å². The minimum absolute atomic E-state index is 0.0573. The molecule has 0 saturated heterocycles. The van der Waals surface area contributed by atoms with Crippen LogP contribution in [-0.4, -0.2) is 28.3 Å². The summed E-state index contributed by atoms with van der Waals surface area (Å²) in [5, 5.41) is 24.0. The molecule has 0 spiro atoms. The topological polar surface area (TPSA) is 72.6 Å². The van der Waals surface area contributed by atoms with Crippen LogP contribution in [0.1, 0.15) is 82.6 Å². The van der Waals surface area contributed by atoms with Crippen molar-refractivity contribution in [3.8, 4) is 11.8 Å². The first-order chi connectivity index (χ1) is 14.9. The highest BCUT2D eigenvalue weighted by Crippen LogP contribution is 2.52. The summed E-state index contributed by atoms with van der Waals surface area (Å²) in [4.78, 5) is 11.8. The maximum absolute atomic E-state index is 12.0. The van der Waals surface area contributed by atoms with Crippen molar-refractivity contribution in [1.29, 1.82) is 0 Å². The fraction of sp³-hybridized carbons (Fsp3) is 0.692. The van der Waals surface area contributed by atoms with Gasteiger partial charge < -0.3 is 9.84 Å². The number of ether oxygens (including phenoxy) is 1. The van der Waals surface area contributed by atoms with Gasteiger partial charge in [-0.15, -0.1) is 0 Å². The fourth-order valence-electron chi connectivity index (χ4n) is 6.29. The highest BCUT2D eigenvalue weighted by Gasteiger charge is 2.61. The van der Waals surface area contributed by atoms with E-state index in [1.807, 2.05) is 30.3 Å². The predicted octanol–water partition coefficient (Wildman–Crippen LogP) is 5.23. The van der Waals surface area contributed by atoms with E-state index in [1.165, 1.54) is 19.3 Å². The Morgan fingerprint density at radius 2 is 1.68 bits per heavy atom. The van der Waals surface area contributed by atoms with Crippen LogP contribution >= 0.6 is 0 Å². The SMILES string of the molecule is COC1(C#CC(O)(c2ccccc2)C2CCCCCCC2)CC2([N+](=O)[O-])CCC1CC2. The second kappa shape index (κ2) is 8.92. The summed E-state index contributed by atoms with van der Waals surface area (Å²) in [6, 6.07) is 9.76. The molecule has 1 N–H and O–H groups in total. The molecule has 0 radical (unpaired) electrons. The van der Waals surface area contributed by atoms with Crippen LogP contribution in [-0.2, 0) is 10.3 Å². The monoisotopic (exact) mass is 425 g/mol. The van der Waals surface area contributed by atoms with Gasteiger partial charge >= 0.3 is 0 Å². The van der Waals surface area contributed by atoms with Gasteiger partial charge in [0, 0.05) is 36.7 Å². The molecule has 2 unspecified atom stereocenters. The quantitative estimate of drug-likeness (QED) is 0.407. The smallest absolute Gasteiger partial charge is 0.226 e. The number of hydrogen-bond donors (Lipinski definition) is 1. The summed E-state index contributed by atoms with van der Waals surface area (Å²) < 4.78 is 5.96. The molecule has 31 heavy (non-hydrogen) atoms. The fourth-order valence-corrected chi connectivity index (χ4v) is 6.29. The van der Waals surface area contributed by atoms with Crippen molar-refractivity contribution in [2.75, 3.05) is 7.11 Å². The van der Waals surface area contributed by atoms with E-state index in [2.05, 4.69) is 11.8 Å². The number of benzene rings is 1. The lowest BCUT2D eigenvalue weighted by atomic mass is 9.58. The molecule has 0 aliphatic heterocycles. The normalized spacial score (nSPS) is 33.4. The van der Waals surface area contributed by atoms with Gasteiger partial charge in [-0.25, -0.2) is 0 Å². The van der Waals surface area contributed by atoms with Crippen LogP contribution in [0.4, 0.5) is 0 Å². The summed E-state index contributed by atoms with van der Waals surface area (Å²) in [5.41, 5.74) is -2.23. The standard InChI is InChI=1S/C26H35NO4/c1-31-25(20-24(27(29)30)16-14-21(25)15-17-24)18-19-26(28,23-12-8-5-9-13-23)22-10-6-3-2-4-7-11-22/h5,8-9,12-13,21-22,28H,2-4,6-7,10-11,14-17,20H2,1H3. The molecule has 4 fully saturated rings. The van der Waals surface area contributed by atoms with E-state index in [1.54, 1.807) is 7.11 Å². The molecule has 1 aromatic carbocycles. The Hall–Kier alpha value is -1.90. The molecule has 2 bridgehead atoms. The van der Waals surface area contributed by atoms with Crippen LogP contribution in [0.3, 0.4) is 0 Å². The van der Waals surface area contributed by atoms with Gasteiger partial charge in [0.25, 0.3) is 0 Å². The van der Waals surface area contributed by atoms with E-state index >= 15 is 0 Å². The molecule has 5 nitrogen and oxygen atoms in total. The predicted molar refractivity (Wildman–Crippen MR) is 120 cm³/mol. The average molecular weight is 426 g/mol. The van der Waals surface area contributed by atoms with E-state index in [9.17, 15) is 15.2 Å².